The largest absolute Gasteiger partial charge is 0.503 e. The van der Waals surface area contributed by atoms with Crippen LogP contribution in [0, 0.1) is 0 Å². The second kappa shape index (κ2) is 11.1. The van der Waals surface area contributed by atoms with E-state index in [1.54, 1.807) is 13.8 Å². The molecule has 1 rings (SSSR count). The number of esters is 2. The summed E-state index contributed by atoms with van der Waals surface area (Å²) in [5.74, 6) is -2.89. The summed E-state index contributed by atoms with van der Waals surface area (Å²) in [6.07, 6.45) is 0. The zero-order valence-electron chi connectivity index (χ0n) is 11.3. The predicted molar refractivity (Wildman–Crippen MR) is 71.1 cm³/mol. The normalized spacial score (nSPS) is 8.95. The van der Waals surface area contributed by atoms with Gasteiger partial charge < -0.3 is 19.7 Å². The van der Waals surface area contributed by atoms with Crippen LogP contribution in [0.15, 0.2) is 0 Å². The molecule has 1 aromatic rings. The van der Waals surface area contributed by atoms with Gasteiger partial charge in [-0.15, -0.1) is 11.3 Å². The second-order valence-electron chi connectivity index (χ2n) is 2.90. The first-order chi connectivity index (χ1) is 8.02. The van der Waals surface area contributed by atoms with Gasteiger partial charge in [0, 0.05) is 103 Å². The van der Waals surface area contributed by atoms with Crippen molar-refractivity contribution < 1.29 is 29.3 Å². The summed E-state index contributed by atoms with van der Waals surface area (Å²) in [7, 11) is 0. The van der Waals surface area contributed by atoms with Gasteiger partial charge in [0.1, 0.15) is 0 Å². The van der Waals surface area contributed by atoms with Crippen LogP contribution in [0.4, 0.5) is 0 Å². The first kappa shape index (κ1) is 22.8. The van der Waals surface area contributed by atoms with Gasteiger partial charge in [-0.2, -0.15) is 0 Å². The molecule has 0 saturated carbocycles. The molecule has 0 aliphatic carbocycles. The van der Waals surface area contributed by atoms with Gasteiger partial charge in [-0.3, -0.25) is 0 Å². The molecule has 96 valence electrons. The molecular formula is C10H12K2O6S. The summed E-state index contributed by atoms with van der Waals surface area (Å²) in [6, 6.07) is 0. The second-order valence-corrected chi connectivity index (χ2v) is 3.92. The zero-order valence-corrected chi connectivity index (χ0v) is 18.4. The first-order valence-electron chi connectivity index (χ1n) is 4.91. The molecule has 0 aliphatic rings. The molecule has 0 fully saturated rings. The first-order valence-corrected chi connectivity index (χ1v) is 5.73. The van der Waals surface area contributed by atoms with Gasteiger partial charge >= 0.3 is 11.9 Å². The van der Waals surface area contributed by atoms with E-state index in [4.69, 9.17) is 0 Å². The fraction of sp³-hybridized carbons (Fsp3) is 0.400. The Kier molecular flexibility index (Phi) is 13.3. The van der Waals surface area contributed by atoms with Gasteiger partial charge in [-0.1, -0.05) is 0 Å². The Balaban J connectivity index is 0. The Bertz CT molecular complexity index is 407. The number of thiophene rings is 1. The van der Waals surface area contributed by atoms with E-state index in [0.717, 1.165) is 0 Å². The minimum absolute atomic E-state index is 0. The van der Waals surface area contributed by atoms with Crippen LogP contribution in [0.5, 0.6) is 11.5 Å². The number of aromatic hydroxyl groups is 2. The van der Waals surface area contributed by atoms with Crippen molar-refractivity contribution in [2.24, 2.45) is 0 Å². The Hall–Kier alpha value is 1.51. The minimum Gasteiger partial charge on any atom is -0.503 e. The van der Waals surface area contributed by atoms with E-state index in [9.17, 15) is 19.8 Å². The van der Waals surface area contributed by atoms with Crippen molar-refractivity contribution in [3.8, 4) is 11.5 Å². The van der Waals surface area contributed by atoms with Crippen LogP contribution in [0.2, 0.25) is 0 Å². The number of ether oxygens (including phenoxy) is 2. The summed E-state index contributed by atoms with van der Waals surface area (Å²) in [4.78, 5) is 22.3. The number of hydrogen-bond donors (Lipinski definition) is 2. The SMILES string of the molecule is CCOC(=O)c1sc(C(=O)OCC)c(O)c1O.[K].[K]. The number of carbonyl (C=O) groups excluding carboxylic acids is 2. The van der Waals surface area contributed by atoms with E-state index in [2.05, 4.69) is 9.47 Å². The van der Waals surface area contributed by atoms with Crippen molar-refractivity contribution in [3.63, 3.8) is 0 Å². The Morgan fingerprint density at radius 1 is 0.947 bits per heavy atom. The molecule has 19 heavy (non-hydrogen) atoms. The van der Waals surface area contributed by atoms with Crippen molar-refractivity contribution in [2.45, 2.75) is 13.8 Å². The van der Waals surface area contributed by atoms with Crippen molar-refractivity contribution in [3.05, 3.63) is 9.75 Å². The summed E-state index contributed by atoms with van der Waals surface area (Å²) >= 11 is 0.633. The fourth-order valence-corrected chi connectivity index (χ4v) is 1.96. The van der Waals surface area contributed by atoms with Crippen molar-refractivity contribution in [2.75, 3.05) is 13.2 Å². The van der Waals surface area contributed by atoms with E-state index >= 15 is 0 Å². The number of rotatable bonds is 4. The van der Waals surface area contributed by atoms with Crippen LogP contribution in [0.25, 0.3) is 0 Å². The molecule has 0 aromatic carbocycles. The van der Waals surface area contributed by atoms with E-state index in [0.29, 0.717) is 11.3 Å². The Morgan fingerprint density at radius 3 is 1.53 bits per heavy atom. The topological polar surface area (TPSA) is 93.1 Å². The smallest absolute Gasteiger partial charge is 0.352 e. The van der Waals surface area contributed by atoms with Crippen molar-refractivity contribution >= 4 is 126 Å². The maximum absolute atomic E-state index is 11.4. The molecule has 0 bridgehead atoms. The van der Waals surface area contributed by atoms with E-state index in [1.165, 1.54) is 0 Å². The summed E-state index contributed by atoms with van der Waals surface area (Å²) in [5, 5.41) is 19.0. The third-order valence-electron chi connectivity index (χ3n) is 1.78. The van der Waals surface area contributed by atoms with Gasteiger partial charge in [0.25, 0.3) is 0 Å². The minimum atomic E-state index is -0.791. The zero-order chi connectivity index (χ0) is 13.0. The molecule has 0 saturated heterocycles. The molecule has 2 radical (unpaired) electrons. The number of carbonyl (C=O) groups is 2. The molecular weight excluding hydrogens is 326 g/mol. The molecule has 0 amide bonds. The molecule has 2 N–H and O–H groups in total. The molecule has 6 nitrogen and oxygen atoms in total. The van der Waals surface area contributed by atoms with Crippen LogP contribution in [-0.2, 0) is 9.47 Å². The van der Waals surface area contributed by atoms with E-state index < -0.39 is 23.4 Å². The van der Waals surface area contributed by atoms with Gasteiger partial charge in [0.15, 0.2) is 21.3 Å². The van der Waals surface area contributed by atoms with E-state index in [1.807, 2.05) is 0 Å². The van der Waals surface area contributed by atoms with Gasteiger partial charge in [-0.25, -0.2) is 9.59 Å². The molecule has 9 heteroatoms. The summed E-state index contributed by atoms with van der Waals surface area (Å²) in [5.41, 5.74) is 0. The molecule has 0 aliphatic heterocycles. The molecule has 0 unspecified atom stereocenters. The van der Waals surface area contributed by atoms with Gasteiger partial charge in [0.05, 0.1) is 13.2 Å². The fourth-order valence-electron chi connectivity index (χ4n) is 1.08. The third kappa shape index (κ3) is 6.03. The van der Waals surface area contributed by atoms with Crippen molar-refractivity contribution in [1.29, 1.82) is 0 Å². The van der Waals surface area contributed by atoms with Crippen LogP contribution >= 0.6 is 11.3 Å². The van der Waals surface area contributed by atoms with E-state index in [-0.39, 0.29) is 126 Å². The summed E-state index contributed by atoms with van der Waals surface area (Å²) in [6.45, 7) is 3.47. The third-order valence-corrected chi connectivity index (χ3v) is 2.91. The average molecular weight is 338 g/mol. The van der Waals surface area contributed by atoms with Gasteiger partial charge in [-0.05, 0) is 13.8 Å². The van der Waals surface area contributed by atoms with Crippen LogP contribution in [0.3, 0.4) is 0 Å². The average Bonchev–Trinajstić information content (AvgIpc) is 2.57. The standard InChI is InChI=1S/C10H12O6S.2K/c1-3-15-9(13)7-5(11)6(12)8(17-7)10(14)16-4-2;;/h11-12H,3-4H2,1-2H3;;. The Morgan fingerprint density at radius 2 is 1.26 bits per heavy atom. The molecule has 1 heterocycles. The quantitative estimate of drug-likeness (QED) is 0.622. The van der Waals surface area contributed by atoms with Crippen LogP contribution in [-0.4, -0.2) is 138 Å². The maximum Gasteiger partial charge on any atom is 0.352 e. The number of hydrogen-bond acceptors (Lipinski definition) is 7. The maximum atomic E-state index is 11.4. The predicted octanol–water partition coefficient (Wildman–Crippen LogP) is 0.751. The van der Waals surface area contributed by atoms with Gasteiger partial charge in [0.2, 0.25) is 0 Å². The molecule has 0 atom stereocenters. The van der Waals surface area contributed by atoms with Crippen molar-refractivity contribution in [1.82, 2.24) is 0 Å². The Labute approximate surface area is 199 Å². The van der Waals surface area contributed by atoms with Crippen LogP contribution < -0.4 is 0 Å². The monoisotopic (exact) mass is 338 g/mol. The molecule has 1 aromatic heterocycles. The molecule has 0 spiro atoms. The summed E-state index contributed by atoms with van der Waals surface area (Å²) < 4.78 is 9.33. The van der Waals surface area contributed by atoms with Crippen LogP contribution in [0.1, 0.15) is 33.2 Å².